The van der Waals surface area contributed by atoms with E-state index < -0.39 is 34.7 Å². The molecule has 7 nitrogen and oxygen atoms in total. The van der Waals surface area contributed by atoms with Crippen LogP contribution in [0.1, 0.15) is 32.6 Å². The Morgan fingerprint density at radius 3 is 2.44 bits per heavy atom. The molecule has 0 amide bonds. The molecule has 2 aromatic rings. The maximum atomic E-state index is 12.2. The quantitative estimate of drug-likeness (QED) is 0.711. The molecule has 1 heterocycles. The van der Waals surface area contributed by atoms with Gasteiger partial charge in [-0.2, -0.15) is 0 Å². The lowest BCUT2D eigenvalue weighted by Crippen LogP contribution is -2.63. The van der Waals surface area contributed by atoms with Crippen LogP contribution < -0.4 is 5.73 Å². The molecule has 0 bridgehead atoms. The van der Waals surface area contributed by atoms with Gasteiger partial charge in [0.2, 0.25) is 0 Å². The van der Waals surface area contributed by atoms with E-state index in [2.05, 4.69) is 4.98 Å². The number of aliphatic carboxylic acids is 2. The van der Waals surface area contributed by atoms with Crippen molar-refractivity contribution in [1.82, 2.24) is 4.98 Å². The van der Waals surface area contributed by atoms with Crippen LogP contribution in [0.3, 0.4) is 0 Å². The van der Waals surface area contributed by atoms with Crippen LogP contribution in [-0.2, 0) is 16.0 Å². The first-order chi connectivity index (χ1) is 12.8. The zero-order valence-corrected chi connectivity index (χ0v) is 15.4. The van der Waals surface area contributed by atoms with E-state index in [1.807, 2.05) is 38.1 Å². The predicted octanol–water partition coefficient (Wildman–Crippen LogP) is 2.54. The first-order valence-corrected chi connectivity index (χ1v) is 9.41. The maximum absolute atomic E-state index is 12.2. The Bertz CT molecular complexity index is 885. The Morgan fingerprint density at radius 2 is 1.89 bits per heavy atom. The molecule has 5 atom stereocenters. The monoisotopic (exact) mass is 372 g/mol. The molecule has 2 aliphatic carbocycles. The van der Waals surface area contributed by atoms with Crippen LogP contribution in [0.25, 0.3) is 11.1 Å². The SMILES string of the molecule is CCC1(CC)C(Cc2nc3ccccc3o2)C2C(C(=O)O)C2C1(N)C(=O)O. The Morgan fingerprint density at radius 1 is 1.22 bits per heavy atom. The van der Waals surface area contributed by atoms with Gasteiger partial charge in [0.15, 0.2) is 11.5 Å². The number of nitrogens with two attached hydrogens (primary N) is 1. The maximum Gasteiger partial charge on any atom is 0.324 e. The van der Waals surface area contributed by atoms with E-state index in [9.17, 15) is 19.8 Å². The summed E-state index contributed by atoms with van der Waals surface area (Å²) in [6, 6.07) is 7.42. The molecule has 2 saturated carbocycles. The van der Waals surface area contributed by atoms with Gasteiger partial charge in [-0.15, -0.1) is 0 Å². The lowest BCUT2D eigenvalue weighted by molar-refractivity contribution is -0.153. The molecule has 5 unspecified atom stereocenters. The van der Waals surface area contributed by atoms with Gasteiger partial charge in [-0.3, -0.25) is 9.59 Å². The third-order valence-electron chi connectivity index (χ3n) is 7.23. The number of rotatable bonds is 6. The molecule has 2 aliphatic rings. The van der Waals surface area contributed by atoms with Crippen LogP contribution in [0.4, 0.5) is 0 Å². The molecule has 144 valence electrons. The van der Waals surface area contributed by atoms with Gasteiger partial charge in [0.05, 0.1) is 5.92 Å². The van der Waals surface area contributed by atoms with Gasteiger partial charge >= 0.3 is 11.9 Å². The number of hydrogen-bond donors (Lipinski definition) is 3. The smallest absolute Gasteiger partial charge is 0.324 e. The summed E-state index contributed by atoms with van der Waals surface area (Å²) in [4.78, 5) is 28.5. The van der Waals surface area contributed by atoms with Crippen molar-refractivity contribution in [1.29, 1.82) is 0 Å². The number of oxazole rings is 1. The van der Waals surface area contributed by atoms with Crippen LogP contribution in [0.15, 0.2) is 28.7 Å². The molecule has 7 heteroatoms. The minimum atomic E-state index is -1.55. The second kappa shape index (κ2) is 5.79. The number of carbonyl (C=O) groups is 2. The van der Waals surface area contributed by atoms with Crippen molar-refractivity contribution >= 4 is 23.0 Å². The van der Waals surface area contributed by atoms with E-state index >= 15 is 0 Å². The second-order valence-electron chi connectivity index (χ2n) is 7.89. The van der Waals surface area contributed by atoms with E-state index in [1.54, 1.807) is 0 Å². The molecule has 1 aromatic heterocycles. The minimum Gasteiger partial charge on any atom is -0.481 e. The van der Waals surface area contributed by atoms with Crippen molar-refractivity contribution < 1.29 is 24.2 Å². The third-order valence-corrected chi connectivity index (χ3v) is 7.23. The van der Waals surface area contributed by atoms with Crippen molar-refractivity contribution in [2.24, 2.45) is 34.8 Å². The van der Waals surface area contributed by atoms with Gasteiger partial charge in [-0.25, -0.2) is 4.98 Å². The summed E-state index contributed by atoms with van der Waals surface area (Å²) >= 11 is 0. The van der Waals surface area contributed by atoms with E-state index in [0.29, 0.717) is 30.7 Å². The standard InChI is InChI=1S/C20H24N2O5/c1-3-19(4-2)10(9-13-22-11-7-5-6-8-12(11)27-13)14-15(17(23)24)16(14)20(19,21)18(25)26/h5-8,10,14-16H,3-4,9,21H2,1-2H3,(H,23,24)(H,25,26). The molecule has 4 rings (SSSR count). The average molecular weight is 372 g/mol. The summed E-state index contributed by atoms with van der Waals surface area (Å²) in [5, 5.41) is 19.6. The van der Waals surface area contributed by atoms with Gasteiger partial charge < -0.3 is 20.4 Å². The number of aromatic nitrogens is 1. The van der Waals surface area contributed by atoms with Gasteiger partial charge in [-0.1, -0.05) is 26.0 Å². The summed E-state index contributed by atoms with van der Waals surface area (Å²) in [5.74, 6) is -3.30. The zero-order valence-electron chi connectivity index (χ0n) is 15.4. The number of benzene rings is 1. The summed E-state index contributed by atoms with van der Waals surface area (Å²) in [6.45, 7) is 3.88. The highest BCUT2D eigenvalue weighted by atomic mass is 16.4. The molecule has 0 spiro atoms. The number of fused-ring (bicyclic) bond motifs is 2. The van der Waals surface area contributed by atoms with Gasteiger partial charge in [0, 0.05) is 17.8 Å². The Hall–Kier alpha value is -2.41. The molecule has 27 heavy (non-hydrogen) atoms. The van der Waals surface area contributed by atoms with E-state index in [0.717, 1.165) is 5.52 Å². The van der Waals surface area contributed by atoms with Crippen LogP contribution in [-0.4, -0.2) is 32.7 Å². The van der Waals surface area contributed by atoms with Crippen LogP contribution >= 0.6 is 0 Å². The Labute approximate surface area is 156 Å². The predicted molar refractivity (Wildman–Crippen MR) is 96.9 cm³/mol. The highest BCUT2D eigenvalue weighted by molar-refractivity contribution is 5.86. The zero-order chi connectivity index (χ0) is 19.6. The van der Waals surface area contributed by atoms with Gasteiger partial charge in [0.1, 0.15) is 11.1 Å². The van der Waals surface area contributed by atoms with Gasteiger partial charge in [0.25, 0.3) is 0 Å². The van der Waals surface area contributed by atoms with Crippen LogP contribution in [0.2, 0.25) is 0 Å². The first kappa shape index (κ1) is 18.0. The molecule has 0 saturated heterocycles. The molecule has 0 aliphatic heterocycles. The van der Waals surface area contributed by atoms with Gasteiger partial charge in [-0.05, 0) is 36.8 Å². The van der Waals surface area contributed by atoms with Crippen LogP contribution in [0, 0.1) is 29.1 Å². The first-order valence-electron chi connectivity index (χ1n) is 9.41. The normalized spacial score (nSPS) is 33.7. The highest BCUT2D eigenvalue weighted by Crippen LogP contribution is 2.73. The average Bonchev–Trinajstić information content (AvgIpc) is 3.19. The number of para-hydroxylation sites is 2. The summed E-state index contributed by atoms with van der Waals surface area (Å²) < 4.78 is 5.86. The number of hydrogen-bond acceptors (Lipinski definition) is 5. The van der Waals surface area contributed by atoms with E-state index in [-0.39, 0.29) is 11.8 Å². The third kappa shape index (κ3) is 2.15. The largest absolute Gasteiger partial charge is 0.481 e. The molecular weight excluding hydrogens is 348 g/mol. The fourth-order valence-corrected chi connectivity index (χ4v) is 5.99. The molecule has 1 aromatic carbocycles. The Kier molecular flexibility index (Phi) is 3.86. The number of nitrogens with zero attached hydrogens (tertiary/aromatic N) is 1. The molecule has 0 radical (unpaired) electrons. The molecular formula is C20H24N2O5. The van der Waals surface area contributed by atoms with Crippen LogP contribution in [0.5, 0.6) is 0 Å². The molecule has 2 fully saturated rings. The van der Waals surface area contributed by atoms with Crippen molar-refractivity contribution in [2.45, 2.75) is 38.6 Å². The van der Waals surface area contributed by atoms with Crippen molar-refractivity contribution in [3.05, 3.63) is 30.2 Å². The number of carboxylic acid groups (broad SMARTS) is 2. The topological polar surface area (TPSA) is 127 Å². The van der Waals surface area contributed by atoms with E-state index in [1.165, 1.54) is 0 Å². The van der Waals surface area contributed by atoms with Crippen molar-refractivity contribution in [2.75, 3.05) is 0 Å². The fourth-order valence-electron chi connectivity index (χ4n) is 5.99. The Balaban J connectivity index is 1.78. The summed E-state index contributed by atoms with van der Waals surface area (Å²) in [6.07, 6.45) is 1.53. The summed E-state index contributed by atoms with van der Waals surface area (Å²) in [7, 11) is 0. The number of carboxylic acids is 2. The minimum absolute atomic E-state index is 0.201. The fraction of sp³-hybridized carbons (Fsp3) is 0.550. The van der Waals surface area contributed by atoms with E-state index in [4.69, 9.17) is 10.2 Å². The lowest BCUT2D eigenvalue weighted by Gasteiger charge is -2.46. The molecule has 4 N–H and O–H groups in total. The lowest BCUT2D eigenvalue weighted by atomic mass is 9.59. The van der Waals surface area contributed by atoms with Crippen molar-refractivity contribution in [3.8, 4) is 0 Å². The second-order valence-corrected chi connectivity index (χ2v) is 7.89. The van der Waals surface area contributed by atoms with Crippen molar-refractivity contribution in [3.63, 3.8) is 0 Å². The summed E-state index contributed by atoms with van der Waals surface area (Å²) in [5.41, 5.74) is 5.68. The highest BCUT2D eigenvalue weighted by Gasteiger charge is 2.81.